The summed E-state index contributed by atoms with van der Waals surface area (Å²) in [7, 11) is 0. The number of nitrogens with zero attached hydrogens (tertiary/aromatic N) is 3. The lowest BCUT2D eigenvalue weighted by Crippen LogP contribution is -2.57. The molecule has 1 unspecified atom stereocenters. The van der Waals surface area contributed by atoms with Crippen molar-refractivity contribution >= 4 is 34.8 Å². The number of anilines is 1. The molecule has 1 amide bonds. The first-order valence-corrected chi connectivity index (χ1v) is 12.1. The van der Waals surface area contributed by atoms with Crippen molar-refractivity contribution in [2.75, 3.05) is 31.5 Å². The Labute approximate surface area is 204 Å². The molecule has 0 saturated carbocycles. The molecule has 3 aromatic rings. The number of carbonyl (C=O) groups excluding carboxylic acids is 1. The number of hydrogen-bond donors (Lipinski definition) is 2. The van der Waals surface area contributed by atoms with E-state index in [4.69, 9.17) is 23.2 Å². The van der Waals surface area contributed by atoms with Crippen LogP contribution in [-0.2, 0) is 17.8 Å². The van der Waals surface area contributed by atoms with E-state index < -0.39 is 0 Å². The van der Waals surface area contributed by atoms with E-state index in [1.54, 1.807) is 18.5 Å². The van der Waals surface area contributed by atoms with Crippen molar-refractivity contribution in [1.29, 1.82) is 0 Å². The zero-order chi connectivity index (χ0) is 23.0. The Balaban J connectivity index is 1.38. The Morgan fingerprint density at radius 1 is 1.03 bits per heavy atom. The van der Waals surface area contributed by atoms with Crippen LogP contribution < -0.4 is 5.32 Å². The van der Waals surface area contributed by atoms with Crippen LogP contribution in [0.5, 0.6) is 0 Å². The first-order chi connectivity index (χ1) is 16.1. The van der Waals surface area contributed by atoms with Crippen molar-refractivity contribution in [1.82, 2.24) is 19.8 Å². The van der Waals surface area contributed by atoms with Gasteiger partial charge in [0.25, 0.3) is 0 Å². The SMILES string of the molecule is O=C(Nc1ccc(Cl)cc1)C1CN(CCCCc2cnc[nH]2)CCN1Cc1ccc(Cl)cc1. The molecule has 2 N–H and O–H groups in total. The number of aromatic amines is 1. The minimum atomic E-state index is -0.238. The minimum absolute atomic E-state index is 0.00782. The molecule has 1 aliphatic heterocycles. The number of nitrogens with one attached hydrogen (secondary N) is 2. The van der Waals surface area contributed by atoms with Crippen LogP contribution in [0.1, 0.15) is 24.1 Å². The lowest BCUT2D eigenvalue weighted by molar-refractivity contribution is -0.124. The number of imidazole rings is 1. The average Bonchev–Trinajstić information content (AvgIpc) is 3.34. The maximum Gasteiger partial charge on any atom is 0.243 e. The molecule has 0 aliphatic carbocycles. The van der Waals surface area contributed by atoms with Crippen LogP contribution in [-0.4, -0.2) is 57.9 Å². The third kappa shape index (κ3) is 7.05. The van der Waals surface area contributed by atoms with Crippen LogP contribution in [0, 0.1) is 0 Å². The molecule has 0 spiro atoms. The molecular weight excluding hydrogens is 457 g/mol. The Kier molecular flexibility index (Phi) is 8.40. The summed E-state index contributed by atoms with van der Waals surface area (Å²) < 4.78 is 0. The maximum atomic E-state index is 13.3. The fourth-order valence-corrected chi connectivity index (χ4v) is 4.43. The molecule has 8 heteroatoms. The normalized spacial score (nSPS) is 17.2. The number of hydrogen-bond acceptors (Lipinski definition) is 4. The van der Waals surface area contributed by atoms with Crippen LogP contribution in [0.2, 0.25) is 10.0 Å². The van der Waals surface area contributed by atoms with Crippen LogP contribution in [0.15, 0.2) is 61.1 Å². The highest BCUT2D eigenvalue weighted by Crippen LogP contribution is 2.19. The van der Waals surface area contributed by atoms with E-state index in [2.05, 4.69) is 25.1 Å². The topological polar surface area (TPSA) is 64.3 Å². The fourth-order valence-electron chi connectivity index (χ4n) is 4.17. The number of rotatable bonds is 9. The van der Waals surface area contributed by atoms with Gasteiger partial charge in [-0.05, 0) is 67.8 Å². The average molecular weight is 486 g/mol. The third-order valence-electron chi connectivity index (χ3n) is 6.01. The third-order valence-corrected chi connectivity index (χ3v) is 6.52. The van der Waals surface area contributed by atoms with Crippen molar-refractivity contribution < 1.29 is 4.79 Å². The molecule has 174 valence electrons. The van der Waals surface area contributed by atoms with Crippen LogP contribution in [0.3, 0.4) is 0 Å². The zero-order valence-corrected chi connectivity index (χ0v) is 20.0. The molecular formula is C25H29Cl2N5O. The lowest BCUT2D eigenvalue weighted by atomic mass is 10.1. The highest BCUT2D eigenvalue weighted by molar-refractivity contribution is 6.30. The summed E-state index contributed by atoms with van der Waals surface area (Å²) in [6, 6.07) is 14.9. The Bertz CT molecular complexity index is 1010. The predicted octanol–water partition coefficient (Wildman–Crippen LogP) is 4.86. The zero-order valence-electron chi connectivity index (χ0n) is 18.5. The van der Waals surface area contributed by atoms with Gasteiger partial charge in [-0.2, -0.15) is 0 Å². The maximum absolute atomic E-state index is 13.3. The Morgan fingerprint density at radius 2 is 1.76 bits per heavy atom. The quantitative estimate of drug-likeness (QED) is 0.424. The summed E-state index contributed by atoms with van der Waals surface area (Å²) in [5.41, 5.74) is 3.08. The number of halogens is 2. The number of unbranched alkanes of at least 4 members (excludes halogenated alkanes) is 1. The van der Waals surface area contributed by atoms with Crippen molar-refractivity contribution in [2.24, 2.45) is 0 Å². The first kappa shape index (κ1) is 23.8. The van der Waals surface area contributed by atoms with E-state index in [1.165, 1.54) is 5.69 Å². The molecule has 1 aromatic heterocycles. The van der Waals surface area contributed by atoms with Gasteiger partial charge in [-0.25, -0.2) is 4.98 Å². The van der Waals surface area contributed by atoms with E-state index >= 15 is 0 Å². The first-order valence-electron chi connectivity index (χ1n) is 11.3. The number of aryl methyl sites for hydroxylation is 1. The second-order valence-corrected chi connectivity index (χ2v) is 9.32. The van der Waals surface area contributed by atoms with E-state index in [-0.39, 0.29) is 11.9 Å². The van der Waals surface area contributed by atoms with Crippen LogP contribution in [0.4, 0.5) is 5.69 Å². The molecule has 0 bridgehead atoms. The summed E-state index contributed by atoms with van der Waals surface area (Å²) in [5, 5.41) is 4.44. The Hall–Kier alpha value is -2.38. The highest BCUT2D eigenvalue weighted by atomic mass is 35.5. The van der Waals surface area contributed by atoms with Gasteiger partial charge in [0, 0.05) is 53.8 Å². The van der Waals surface area contributed by atoms with Crippen molar-refractivity contribution in [2.45, 2.75) is 31.8 Å². The number of carbonyl (C=O) groups is 1. The van der Waals surface area contributed by atoms with E-state index in [9.17, 15) is 4.79 Å². The molecule has 6 nitrogen and oxygen atoms in total. The van der Waals surface area contributed by atoms with Gasteiger partial charge in [-0.1, -0.05) is 35.3 Å². The minimum Gasteiger partial charge on any atom is -0.348 e. The van der Waals surface area contributed by atoms with Gasteiger partial charge >= 0.3 is 0 Å². The second-order valence-electron chi connectivity index (χ2n) is 8.44. The predicted molar refractivity (Wildman–Crippen MR) is 134 cm³/mol. The number of H-pyrrole nitrogens is 1. The van der Waals surface area contributed by atoms with Crippen LogP contribution >= 0.6 is 23.2 Å². The molecule has 1 fully saturated rings. The molecule has 1 saturated heterocycles. The lowest BCUT2D eigenvalue weighted by Gasteiger charge is -2.40. The summed E-state index contributed by atoms with van der Waals surface area (Å²) >= 11 is 12.0. The molecule has 4 rings (SSSR count). The van der Waals surface area contributed by atoms with Gasteiger partial charge < -0.3 is 10.3 Å². The summed E-state index contributed by atoms with van der Waals surface area (Å²) in [6.07, 6.45) is 6.78. The smallest absolute Gasteiger partial charge is 0.243 e. The van der Waals surface area contributed by atoms with Crippen molar-refractivity contribution in [3.05, 3.63) is 82.4 Å². The molecule has 2 aromatic carbocycles. The number of benzene rings is 2. The van der Waals surface area contributed by atoms with Crippen molar-refractivity contribution in [3.8, 4) is 0 Å². The summed E-state index contributed by atoms with van der Waals surface area (Å²) in [6.45, 7) is 4.18. The van der Waals surface area contributed by atoms with Gasteiger partial charge in [0.05, 0.1) is 6.33 Å². The Morgan fingerprint density at radius 3 is 2.45 bits per heavy atom. The van der Waals surface area contributed by atoms with Gasteiger partial charge in [0.15, 0.2) is 0 Å². The van der Waals surface area contributed by atoms with E-state index in [0.29, 0.717) is 18.1 Å². The van der Waals surface area contributed by atoms with Gasteiger partial charge in [-0.3, -0.25) is 14.6 Å². The van der Waals surface area contributed by atoms with Crippen LogP contribution in [0.25, 0.3) is 0 Å². The van der Waals surface area contributed by atoms with E-state index in [0.717, 1.165) is 55.2 Å². The molecule has 33 heavy (non-hydrogen) atoms. The standard InChI is InChI=1S/C25H29Cl2N5O/c26-20-6-4-19(5-7-20)16-32-14-13-31(12-2-1-3-23-15-28-18-29-23)17-24(32)25(33)30-22-10-8-21(27)9-11-22/h4-11,15,18,24H,1-3,12-14,16-17H2,(H,28,29)(H,30,33). The van der Waals surface area contributed by atoms with Gasteiger partial charge in [-0.15, -0.1) is 0 Å². The monoisotopic (exact) mass is 485 g/mol. The summed E-state index contributed by atoms with van der Waals surface area (Å²) in [5.74, 6) is 0.00782. The second kappa shape index (κ2) is 11.7. The largest absolute Gasteiger partial charge is 0.348 e. The molecule has 0 radical (unpaired) electrons. The van der Waals surface area contributed by atoms with Gasteiger partial charge in [0.2, 0.25) is 5.91 Å². The highest BCUT2D eigenvalue weighted by Gasteiger charge is 2.32. The fraction of sp³-hybridized carbons (Fsp3) is 0.360. The number of piperazine rings is 1. The number of amides is 1. The number of aromatic nitrogens is 2. The van der Waals surface area contributed by atoms with Crippen molar-refractivity contribution in [3.63, 3.8) is 0 Å². The summed E-state index contributed by atoms with van der Waals surface area (Å²) in [4.78, 5) is 25.2. The van der Waals surface area contributed by atoms with Gasteiger partial charge in [0.1, 0.15) is 6.04 Å². The van der Waals surface area contributed by atoms with E-state index in [1.807, 2.05) is 42.6 Å². The molecule has 2 heterocycles. The molecule has 1 aliphatic rings. The molecule has 1 atom stereocenters.